The van der Waals surface area contributed by atoms with Crippen molar-refractivity contribution in [3.05, 3.63) is 11.7 Å². The van der Waals surface area contributed by atoms with E-state index >= 15 is 0 Å². The average molecular weight is 183 g/mol. The van der Waals surface area contributed by atoms with Gasteiger partial charge < -0.3 is 10.3 Å². The fourth-order valence-electron chi connectivity index (χ4n) is 1.20. The van der Waals surface area contributed by atoms with Gasteiger partial charge in [0.05, 0.1) is 5.92 Å². The smallest absolute Gasteiger partial charge is 0.231 e. The molecule has 1 unspecified atom stereocenters. The van der Waals surface area contributed by atoms with Crippen LogP contribution in [0, 0.1) is 0 Å². The molecular formula is C9H17N3O. The van der Waals surface area contributed by atoms with Crippen LogP contribution < -0.4 is 5.73 Å². The van der Waals surface area contributed by atoms with E-state index in [2.05, 4.69) is 24.0 Å². The molecule has 0 amide bonds. The van der Waals surface area contributed by atoms with E-state index in [1.165, 1.54) is 0 Å². The Morgan fingerprint density at radius 1 is 1.46 bits per heavy atom. The molecule has 0 spiro atoms. The van der Waals surface area contributed by atoms with Crippen LogP contribution in [-0.4, -0.2) is 16.7 Å². The highest BCUT2D eigenvalue weighted by molar-refractivity contribution is 4.94. The van der Waals surface area contributed by atoms with Gasteiger partial charge >= 0.3 is 0 Å². The summed E-state index contributed by atoms with van der Waals surface area (Å²) in [4.78, 5) is 4.28. The average Bonchev–Trinajstić information content (AvgIpc) is 2.56. The second-order valence-electron chi connectivity index (χ2n) is 3.14. The molecule has 0 bridgehead atoms. The zero-order chi connectivity index (χ0) is 9.68. The van der Waals surface area contributed by atoms with Crippen LogP contribution in [0.5, 0.6) is 0 Å². The molecule has 1 aromatic heterocycles. The molecule has 1 atom stereocenters. The van der Waals surface area contributed by atoms with Gasteiger partial charge in [-0.2, -0.15) is 4.98 Å². The molecule has 0 fully saturated rings. The molecule has 0 saturated carbocycles. The van der Waals surface area contributed by atoms with Crippen molar-refractivity contribution < 1.29 is 4.52 Å². The Labute approximate surface area is 78.5 Å². The summed E-state index contributed by atoms with van der Waals surface area (Å²) in [5.74, 6) is 1.70. The molecule has 1 heterocycles. The highest BCUT2D eigenvalue weighted by Crippen LogP contribution is 2.15. The summed E-state index contributed by atoms with van der Waals surface area (Å²) in [5.41, 5.74) is 5.57. The summed E-state index contributed by atoms with van der Waals surface area (Å²) < 4.78 is 5.12. The normalized spacial score (nSPS) is 13.2. The molecular weight excluding hydrogens is 166 g/mol. The molecule has 13 heavy (non-hydrogen) atoms. The third-order valence-electron chi connectivity index (χ3n) is 2.08. The Bertz CT molecular complexity index is 243. The van der Waals surface area contributed by atoms with Crippen LogP contribution in [0.4, 0.5) is 0 Å². The Morgan fingerprint density at radius 2 is 2.23 bits per heavy atom. The molecule has 0 aliphatic rings. The summed E-state index contributed by atoms with van der Waals surface area (Å²) >= 11 is 0. The van der Waals surface area contributed by atoms with E-state index in [9.17, 15) is 0 Å². The maximum Gasteiger partial charge on any atom is 0.231 e. The standard InChI is InChI=1S/C9H17N3O/c1-3-5-8-11-9(13-12-8)7(4-2)6-10/h7H,3-6,10H2,1-2H3. The van der Waals surface area contributed by atoms with Gasteiger partial charge in [-0.05, 0) is 12.8 Å². The summed E-state index contributed by atoms with van der Waals surface area (Å²) in [6.07, 6.45) is 2.87. The molecule has 1 aromatic rings. The van der Waals surface area contributed by atoms with Gasteiger partial charge in [0.15, 0.2) is 5.82 Å². The molecule has 74 valence electrons. The third-order valence-corrected chi connectivity index (χ3v) is 2.08. The largest absolute Gasteiger partial charge is 0.339 e. The van der Waals surface area contributed by atoms with Crippen molar-refractivity contribution in [1.29, 1.82) is 0 Å². The minimum Gasteiger partial charge on any atom is -0.339 e. The minimum atomic E-state index is 0.220. The number of hydrogen-bond acceptors (Lipinski definition) is 4. The van der Waals surface area contributed by atoms with E-state index in [1.54, 1.807) is 0 Å². The van der Waals surface area contributed by atoms with E-state index in [-0.39, 0.29) is 5.92 Å². The maximum absolute atomic E-state index is 5.57. The Kier molecular flexibility index (Phi) is 3.89. The topological polar surface area (TPSA) is 64.9 Å². The van der Waals surface area contributed by atoms with Gasteiger partial charge in [0.25, 0.3) is 0 Å². The van der Waals surface area contributed by atoms with Gasteiger partial charge in [-0.15, -0.1) is 0 Å². The third kappa shape index (κ3) is 2.52. The molecule has 0 aliphatic heterocycles. The van der Waals surface area contributed by atoms with E-state index < -0.39 is 0 Å². The van der Waals surface area contributed by atoms with E-state index in [0.29, 0.717) is 12.4 Å². The van der Waals surface area contributed by atoms with Gasteiger partial charge in [0.2, 0.25) is 5.89 Å². The van der Waals surface area contributed by atoms with Crippen molar-refractivity contribution in [2.45, 2.75) is 39.0 Å². The first kappa shape index (κ1) is 10.2. The quantitative estimate of drug-likeness (QED) is 0.750. The molecule has 0 saturated heterocycles. The van der Waals surface area contributed by atoms with Crippen LogP contribution in [0.15, 0.2) is 4.52 Å². The second-order valence-corrected chi connectivity index (χ2v) is 3.14. The van der Waals surface area contributed by atoms with Gasteiger partial charge in [-0.3, -0.25) is 0 Å². The Hall–Kier alpha value is -0.900. The van der Waals surface area contributed by atoms with Gasteiger partial charge in [0.1, 0.15) is 0 Å². The zero-order valence-corrected chi connectivity index (χ0v) is 8.29. The lowest BCUT2D eigenvalue weighted by Crippen LogP contribution is -2.11. The van der Waals surface area contributed by atoms with Crippen molar-refractivity contribution in [2.24, 2.45) is 5.73 Å². The van der Waals surface area contributed by atoms with Gasteiger partial charge in [0, 0.05) is 13.0 Å². The van der Waals surface area contributed by atoms with Crippen molar-refractivity contribution in [3.8, 4) is 0 Å². The van der Waals surface area contributed by atoms with Crippen LogP contribution in [0.2, 0.25) is 0 Å². The Balaban J connectivity index is 2.66. The molecule has 2 N–H and O–H groups in total. The predicted molar refractivity (Wildman–Crippen MR) is 50.4 cm³/mol. The fourth-order valence-corrected chi connectivity index (χ4v) is 1.20. The minimum absolute atomic E-state index is 0.220. The maximum atomic E-state index is 5.57. The molecule has 4 heteroatoms. The highest BCUT2D eigenvalue weighted by Gasteiger charge is 2.14. The van der Waals surface area contributed by atoms with Crippen molar-refractivity contribution >= 4 is 0 Å². The molecule has 1 rings (SSSR count). The van der Waals surface area contributed by atoms with Crippen molar-refractivity contribution in [2.75, 3.05) is 6.54 Å². The number of rotatable bonds is 5. The first-order valence-electron chi connectivity index (χ1n) is 4.84. The number of nitrogens with zero attached hydrogens (tertiary/aromatic N) is 2. The van der Waals surface area contributed by atoms with Crippen molar-refractivity contribution in [3.63, 3.8) is 0 Å². The van der Waals surface area contributed by atoms with Gasteiger partial charge in [-0.1, -0.05) is 19.0 Å². The molecule has 0 aromatic carbocycles. The Morgan fingerprint density at radius 3 is 2.77 bits per heavy atom. The molecule has 4 nitrogen and oxygen atoms in total. The second kappa shape index (κ2) is 4.97. The summed E-state index contributed by atoms with van der Waals surface area (Å²) in [7, 11) is 0. The number of aryl methyl sites for hydroxylation is 1. The molecule has 0 aliphatic carbocycles. The van der Waals surface area contributed by atoms with E-state index in [0.717, 1.165) is 25.1 Å². The summed E-state index contributed by atoms with van der Waals surface area (Å²) in [5, 5.41) is 3.88. The summed E-state index contributed by atoms with van der Waals surface area (Å²) in [6.45, 7) is 4.74. The lowest BCUT2D eigenvalue weighted by atomic mass is 10.1. The first-order valence-corrected chi connectivity index (χ1v) is 4.84. The van der Waals surface area contributed by atoms with Crippen LogP contribution >= 0.6 is 0 Å². The van der Waals surface area contributed by atoms with Crippen LogP contribution in [0.1, 0.15) is 44.3 Å². The monoisotopic (exact) mass is 183 g/mol. The SMILES string of the molecule is CCCc1noc(C(CC)CN)n1. The first-order chi connectivity index (χ1) is 6.31. The molecule has 0 radical (unpaired) electrons. The number of hydrogen-bond donors (Lipinski definition) is 1. The predicted octanol–water partition coefficient (Wildman–Crippen LogP) is 1.47. The van der Waals surface area contributed by atoms with Crippen LogP contribution in [0.3, 0.4) is 0 Å². The van der Waals surface area contributed by atoms with Crippen LogP contribution in [-0.2, 0) is 6.42 Å². The fraction of sp³-hybridized carbons (Fsp3) is 0.778. The highest BCUT2D eigenvalue weighted by atomic mass is 16.5. The van der Waals surface area contributed by atoms with Crippen LogP contribution in [0.25, 0.3) is 0 Å². The lowest BCUT2D eigenvalue weighted by molar-refractivity contribution is 0.347. The van der Waals surface area contributed by atoms with E-state index in [4.69, 9.17) is 10.3 Å². The lowest BCUT2D eigenvalue weighted by Gasteiger charge is -2.04. The van der Waals surface area contributed by atoms with E-state index in [1.807, 2.05) is 0 Å². The van der Waals surface area contributed by atoms with Gasteiger partial charge in [-0.25, -0.2) is 0 Å². The number of nitrogens with two attached hydrogens (primary N) is 1. The number of aromatic nitrogens is 2. The van der Waals surface area contributed by atoms with Crippen molar-refractivity contribution in [1.82, 2.24) is 10.1 Å². The summed E-state index contributed by atoms with van der Waals surface area (Å²) in [6, 6.07) is 0. The zero-order valence-electron chi connectivity index (χ0n) is 8.29.